The molecule has 0 aliphatic carbocycles. The van der Waals surface area contributed by atoms with Crippen molar-refractivity contribution >= 4 is 76.4 Å². The maximum absolute atomic E-state index is 12.8. The molecule has 1 saturated heterocycles. The number of hydrogen-bond donors (Lipinski definition) is 0. The van der Waals surface area contributed by atoms with Crippen molar-refractivity contribution in [2.75, 3.05) is 19.0 Å². The molecule has 2 amide bonds. The van der Waals surface area contributed by atoms with Gasteiger partial charge >= 0.3 is 216 Å². The molecule has 0 spiro atoms. The third-order valence-electron chi connectivity index (χ3n) is 6.10. The molecule has 5 rings (SSSR count). The molecule has 1 aromatic heterocycles. The fourth-order valence-electron chi connectivity index (χ4n) is 4.26. The minimum atomic E-state index is -0.368. The van der Waals surface area contributed by atoms with E-state index >= 15 is 0 Å². The van der Waals surface area contributed by atoms with E-state index in [1.165, 1.54) is 26.1 Å². The van der Waals surface area contributed by atoms with Gasteiger partial charge in [-0.2, -0.15) is 0 Å². The Morgan fingerprint density at radius 1 is 0.829 bits per heavy atom. The first kappa shape index (κ1) is 23.2. The van der Waals surface area contributed by atoms with Crippen LogP contribution >= 0.6 is 12.2 Å². The van der Waals surface area contributed by atoms with Gasteiger partial charge in [-0.05, 0) is 0 Å². The number of likely N-dealkylation sites (N-methyl/N-ethyl adjacent to an activating group) is 2. The van der Waals surface area contributed by atoms with Crippen molar-refractivity contribution in [2.24, 2.45) is 0 Å². The number of carbonyl (C=O) groups excluding carboxylic acids is 2. The minimum absolute atomic E-state index is 0.123. The molecular weight excluding hydrogens is 521 g/mol. The molecule has 0 unspecified atom stereocenters. The van der Waals surface area contributed by atoms with E-state index in [4.69, 9.17) is 12.2 Å². The predicted octanol–water partition coefficient (Wildman–Crippen LogP) is 5.27. The first-order chi connectivity index (χ1) is 16.9. The molecule has 174 valence electrons. The summed E-state index contributed by atoms with van der Waals surface area (Å²) in [7, 11) is 3.19. The molecule has 0 atom stereocenters. The maximum atomic E-state index is 12.8. The molecule has 0 saturated carbocycles. The van der Waals surface area contributed by atoms with E-state index in [1.54, 1.807) is 20.2 Å². The van der Waals surface area contributed by atoms with Gasteiger partial charge in [-0.15, -0.1) is 0 Å². The van der Waals surface area contributed by atoms with Gasteiger partial charge in [-0.3, -0.25) is 0 Å². The molecule has 1 aliphatic heterocycles. The van der Waals surface area contributed by atoms with Crippen LogP contribution in [0.3, 0.4) is 0 Å². The van der Waals surface area contributed by atoms with Crippen LogP contribution in [0.5, 0.6) is 0 Å². The molecule has 0 bridgehead atoms. The molecule has 1 aliphatic rings. The number of rotatable bonds is 4. The Hall–Kier alpha value is -3.51. The summed E-state index contributed by atoms with van der Waals surface area (Å²) < 4.78 is 2.08. The fourth-order valence-corrected chi connectivity index (χ4v) is 6.48. The summed E-state index contributed by atoms with van der Waals surface area (Å²) in [6.45, 7) is 2.13. The number of amides is 2. The number of hydrogen-bond acceptors (Lipinski definition) is 4. The van der Waals surface area contributed by atoms with Crippen LogP contribution in [0.4, 0.5) is 15.9 Å². The number of thiocarbonyl (C=S) groups is 1. The van der Waals surface area contributed by atoms with Crippen LogP contribution in [0.15, 0.2) is 84.4 Å². The Bertz CT molecular complexity index is 1480. The average molecular weight is 545 g/mol. The van der Waals surface area contributed by atoms with Crippen molar-refractivity contribution in [3.63, 3.8) is 0 Å². The van der Waals surface area contributed by atoms with Crippen LogP contribution in [0.1, 0.15) is 10.0 Å². The van der Waals surface area contributed by atoms with Crippen molar-refractivity contribution in [1.82, 2.24) is 9.80 Å². The number of aryl methyl sites for hydroxylation is 1. The van der Waals surface area contributed by atoms with Gasteiger partial charge in [0, 0.05) is 0 Å². The van der Waals surface area contributed by atoms with Crippen molar-refractivity contribution in [3.8, 4) is 0 Å². The summed E-state index contributed by atoms with van der Waals surface area (Å²) in [5.41, 5.74) is 3.51. The average Bonchev–Trinajstić information content (AvgIpc) is 3.34. The van der Waals surface area contributed by atoms with E-state index in [-0.39, 0.29) is 37.0 Å². The SMILES string of the molecule is Cc1ccc2ccccc2c1N(c1ccccc1)c1ccc(C=C2C(=O)N(C)C(=S)N(C)C2=O)[se]1. The van der Waals surface area contributed by atoms with Gasteiger partial charge in [-0.25, -0.2) is 0 Å². The monoisotopic (exact) mass is 545 g/mol. The van der Waals surface area contributed by atoms with Gasteiger partial charge in [0.2, 0.25) is 0 Å². The zero-order valence-corrected chi connectivity index (χ0v) is 22.1. The van der Waals surface area contributed by atoms with E-state index in [2.05, 4.69) is 66.4 Å². The van der Waals surface area contributed by atoms with Gasteiger partial charge in [0.1, 0.15) is 0 Å². The quantitative estimate of drug-likeness (QED) is 0.152. The van der Waals surface area contributed by atoms with Crippen LogP contribution < -0.4 is 4.90 Å². The predicted molar refractivity (Wildman–Crippen MR) is 146 cm³/mol. The summed E-state index contributed by atoms with van der Waals surface area (Å²) in [4.78, 5) is 30.6. The van der Waals surface area contributed by atoms with Crippen LogP contribution in [0.25, 0.3) is 16.8 Å². The molecule has 0 N–H and O–H groups in total. The van der Waals surface area contributed by atoms with Gasteiger partial charge in [-0.1, -0.05) is 0 Å². The molecule has 2 heterocycles. The van der Waals surface area contributed by atoms with Crippen LogP contribution in [0, 0.1) is 6.92 Å². The normalized spacial score (nSPS) is 14.1. The zero-order chi connectivity index (χ0) is 24.7. The second-order valence-corrected chi connectivity index (χ2v) is 11.0. The number of carbonyl (C=O) groups is 2. The second kappa shape index (κ2) is 9.27. The van der Waals surface area contributed by atoms with Crippen molar-refractivity contribution < 1.29 is 9.59 Å². The molecule has 1 fully saturated rings. The van der Waals surface area contributed by atoms with Crippen LogP contribution in [0.2, 0.25) is 0 Å². The summed E-state index contributed by atoms with van der Waals surface area (Å²) >= 11 is 5.08. The number of para-hydroxylation sites is 1. The topological polar surface area (TPSA) is 43.9 Å². The van der Waals surface area contributed by atoms with Gasteiger partial charge in [0.05, 0.1) is 0 Å². The van der Waals surface area contributed by atoms with Gasteiger partial charge in [0.15, 0.2) is 0 Å². The first-order valence-electron chi connectivity index (χ1n) is 11.1. The first-order valence-corrected chi connectivity index (χ1v) is 13.2. The molecule has 35 heavy (non-hydrogen) atoms. The molecule has 7 heteroatoms. The van der Waals surface area contributed by atoms with E-state index < -0.39 is 0 Å². The summed E-state index contributed by atoms with van der Waals surface area (Å²) in [6.07, 6.45) is 1.72. The van der Waals surface area contributed by atoms with E-state index in [9.17, 15) is 9.59 Å². The molecule has 0 radical (unpaired) electrons. The standard InChI is InChI=1S/C28H23N3O2SSe/c1-18-13-14-19-9-7-8-12-22(19)25(18)31(20-10-5-4-6-11-20)24-16-15-21(35-24)17-23-26(32)29(2)28(34)30(3)27(23)33/h4-17H,1-3H3. The van der Waals surface area contributed by atoms with Gasteiger partial charge in [0.25, 0.3) is 0 Å². The number of anilines is 3. The van der Waals surface area contributed by atoms with Crippen molar-refractivity contribution in [2.45, 2.75) is 6.92 Å². The van der Waals surface area contributed by atoms with Crippen molar-refractivity contribution in [3.05, 3.63) is 94.4 Å². The third-order valence-corrected chi connectivity index (χ3v) is 8.79. The summed E-state index contributed by atoms with van der Waals surface area (Å²) in [5, 5.41) is 2.56. The van der Waals surface area contributed by atoms with E-state index in [1.807, 2.05) is 24.3 Å². The molecule has 5 nitrogen and oxygen atoms in total. The van der Waals surface area contributed by atoms with E-state index in [0.29, 0.717) is 0 Å². The number of benzene rings is 3. The Morgan fingerprint density at radius 3 is 2.20 bits per heavy atom. The van der Waals surface area contributed by atoms with E-state index in [0.717, 1.165) is 20.4 Å². The third kappa shape index (κ3) is 4.12. The number of fused-ring (bicyclic) bond motifs is 1. The second-order valence-electron chi connectivity index (χ2n) is 8.37. The van der Waals surface area contributed by atoms with Crippen LogP contribution in [-0.2, 0) is 9.59 Å². The molecule has 4 aromatic rings. The van der Waals surface area contributed by atoms with Crippen molar-refractivity contribution in [1.29, 1.82) is 0 Å². The zero-order valence-electron chi connectivity index (χ0n) is 19.6. The van der Waals surface area contributed by atoms with Crippen LogP contribution in [-0.4, -0.2) is 55.3 Å². The Labute approximate surface area is 215 Å². The summed E-state index contributed by atoms with van der Waals surface area (Å²) in [6, 6.07) is 27.1. The fraction of sp³-hybridized carbons (Fsp3) is 0.107. The Kier molecular flexibility index (Phi) is 6.15. The number of nitrogens with zero attached hydrogens (tertiary/aromatic N) is 3. The summed E-state index contributed by atoms with van der Waals surface area (Å²) in [5.74, 6) is -0.735. The Morgan fingerprint density at radius 2 is 1.49 bits per heavy atom. The van der Waals surface area contributed by atoms with Gasteiger partial charge < -0.3 is 0 Å². The molecular formula is C28H23N3O2SSe. The Balaban J connectivity index is 1.64. The molecule has 3 aromatic carbocycles.